The van der Waals surface area contributed by atoms with E-state index in [1.165, 1.54) is 0 Å². The van der Waals surface area contributed by atoms with E-state index in [2.05, 4.69) is 5.32 Å². The molecule has 1 aromatic rings. The third kappa shape index (κ3) is 4.76. The van der Waals surface area contributed by atoms with E-state index in [1.807, 2.05) is 0 Å². The summed E-state index contributed by atoms with van der Waals surface area (Å²) >= 11 is 0. The topological polar surface area (TPSA) is 86.6 Å². The molecule has 5 nitrogen and oxygen atoms in total. The molecule has 3 N–H and O–H groups in total. The molecule has 0 bridgehead atoms. The normalized spacial score (nSPS) is 16.9. The zero-order chi connectivity index (χ0) is 16.0. The fraction of sp³-hybridized carbons (Fsp3) is 0.529. The van der Waals surface area contributed by atoms with Crippen LogP contribution in [0.1, 0.15) is 50.5 Å². The summed E-state index contributed by atoms with van der Waals surface area (Å²) in [6, 6.07) is 6.77. The number of rotatable bonds is 6. The summed E-state index contributed by atoms with van der Waals surface area (Å²) in [7, 11) is 0. The highest BCUT2D eigenvalue weighted by Gasteiger charge is 2.35. The molecule has 0 atom stereocenters. The zero-order valence-corrected chi connectivity index (χ0v) is 12.7. The quantitative estimate of drug-likeness (QED) is 0.754. The van der Waals surface area contributed by atoms with Crippen molar-refractivity contribution in [2.24, 2.45) is 0 Å². The summed E-state index contributed by atoms with van der Waals surface area (Å²) in [5.41, 5.74) is 0.403. The van der Waals surface area contributed by atoms with Gasteiger partial charge < -0.3 is 15.5 Å². The second-order valence-electron chi connectivity index (χ2n) is 6.13. The second kappa shape index (κ2) is 7.29. The van der Waals surface area contributed by atoms with E-state index in [0.29, 0.717) is 12.8 Å². The van der Waals surface area contributed by atoms with Crippen molar-refractivity contribution in [3.05, 3.63) is 29.8 Å². The van der Waals surface area contributed by atoms with Gasteiger partial charge in [0.15, 0.2) is 0 Å². The molecule has 1 saturated carbocycles. The van der Waals surface area contributed by atoms with E-state index in [1.54, 1.807) is 24.3 Å². The Balaban J connectivity index is 1.90. The molecule has 5 heteroatoms. The highest BCUT2D eigenvalue weighted by Crippen LogP contribution is 2.31. The van der Waals surface area contributed by atoms with E-state index in [9.17, 15) is 14.7 Å². The van der Waals surface area contributed by atoms with Gasteiger partial charge in [-0.1, -0.05) is 31.4 Å². The Labute approximate surface area is 130 Å². The molecule has 0 heterocycles. The Hall–Kier alpha value is -2.04. The number of benzene rings is 1. The van der Waals surface area contributed by atoms with Crippen molar-refractivity contribution in [3.8, 4) is 5.75 Å². The lowest BCUT2D eigenvalue weighted by Crippen LogP contribution is -2.51. The average molecular weight is 305 g/mol. The largest absolute Gasteiger partial charge is 0.508 e. The number of phenols is 1. The number of nitrogens with one attached hydrogen (secondary N) is 1. The van der Waals surface area contributed by atoms with Gasteiger partial charge >= 0.3 is 5.97 Å². The number of hydrogen-bond acceptors (Lipinski definition) is 3. The minimum atomic E-state index is -0.860. The van der Waals surface area contributed by atoms with E-state index < -0.39 is 11.5 Å². The van der Waals surface area contributed by atoms with Gasteiger partial charge in [0.1, 0.15) is 5.75 Å². The lowest BCUT2D eigenvalue weighted by molar-refractivity contribution is -0.139. The molecule has 0 spiro atoms. The monoisotopic (exact) mass is 305 g/mol. The molecule has 22 heavy (non-hydrogen) atoms. The van der Waals surface area contributed by atoms with Crippen LogP contribution in [0.2, 0.25) is 0 Å². The molecule has 2 rings (SSSR count). The van der Waals surface area contributed by atoms with Crippen LogP contribution in [0.25, 0.3) is 0 Å². The molecule has 0 aliphatic heterocycles. The highest BCUT2D eigenvalue weighted by molar-refractivity contribution is 5.78. The molecule has 1 aliphatic carbocycles. The van der Waals surface area contributed by atoms with Crippen LogP contribution in [0.15, 0.2) is 24.3 Å². The van der Waals surface area contributed by atoms with Crippen molar-refractivity contribution in [2.75, 3.05) is 0 Å². The van der Waals surface area contributed by atoms with Crippen molar-refractivity contribution < 1.29 is 19.8 Å². The number of carbonyl (C=O) groups excluding carboxylic acids is 1. The number of carboxylic acid groups (broad SMARTS) is 1. The number of aryl methyl sites for hydroxylation is 1. The van der Waals surface area contributed by atoms with Crippen LogP contribution < -0.4 is 5.32 Å². The molecule has 1 aliphatic rings. The number of amides is 1. The lowest BCUT2D eigenvalue weighted by atomic mass is 9.79. The van der Waals surface area contributed by atoms with Crippen molar-refractivity contribution in [1.29, 1.82) is 0 Å². The van der Waals surface area contributed by atoms with Crippen LogP contribution in [0, 0.1) is 0 Å². The minimum Gasteiger partial charge on any atom is -0.508 e. The molecule has 0 saturated heterocycles. The third-order valence-electron chi connectivity index (χ3n) is 4.28. The summed E-state index contributed by atoms with van der Waals surface area (Å²) < 4.78 is 0. The Morgan fingerprint density at radius 2 is 1.73 bits per heavy atom. The summed E-state index contributed by atoms with van der Waals surface area (Å²) in [5.74, 6) is -0.757. The van der Waals surface area contributed by atoms with Gasteiger partial charge in [-0.15, -0.1) is 0 Å². The maximum Gasteiger partial charge on any atom is 0.305 e. The van der Waals surface area contributed by atoms with Crippen LogP contribution in [0.4, 0.5) is 0 Å². The van der Waals surface area contributed by atoms with Gasteiger partial charge in [0.05, 0.1) is 12.0 Å². The fourth-order valence-electron chi connectivity index (χ4n) is 3.14. The Morgan fingerprint density at radius 1 is 1.09 bits per heavy atom. The zero-order valence-electron chi connectivity index (χ0n) is 12.7. The molecule has 0 radical (unpaired) electrons. The van der Waals surface area contributed by atoms with Crippen molar-refractivity contribution >= 4 is 11.9 Å². The van der Waals surface area contributed by atoms with Gasteiger partial charge in [0, 0.05) is 6.42 Å². The van der Waals surface area contributed by atoms with Gasteiger partial charge in [0.2, 0.25) is 5.91 Å². The number of aromatic hydroxyl groups is 1. The SMILES string of the molecule is O=C(O)CC1(NC(=O)CCc2ccc(O)cc2)CCCCC1. The predicted octanol–water partition coefficient (Wildman–Crippen LogP) is 2.62. The van der Waals surface area contributed by atoms with Gasteiger partial charge in [-0.05, 0) is 37.0 Å². The van der Waals surface area contributed by atoms with Crippen molar-refractivity contribution in [1.82, 2.24) is 5.32 Å². The Bertz CT molecular complexity index is 518. The molecular formula is C17H23NO4. The second-order valence-corrected chi connectivity index (χ2v) is 6.13. The first-order chi connectivity index (χ1) is 10.5. The van der Waals surface area contributed by atoms with E-state index in [4.69, 9.17) is 5.11 Å². The summed E-state index contributed by atoms with van der Waals surface area (Å²) in [6.07, 6.45) is 5.41. The Kier molecular flexibility index (Phi) is 5.41. The van der Waals surface area contributed by atoms with Crippen LogP contribution >= 0.6 is 0 Å². The van der Waals surface area contributed by atoms with Crippen LogP contribution in [0.5, 0.6) is 5.75 Å². The van der Waals surface area contributed by atoms with Crippen LogP contribution in [-0.4, -0.2) is 27.6 Å². The van der Waals surface area contributed by atoms with Crippen molar-refractivity contribution in [2.45, 2.75) is 56.9 Å². The third-order valence-corrected chi connectivity index (χ3v) is 4.28. The Morgan fingerprint density at radius 3 is 2.32 bits per heavy atom. The molecule has 120 valence electrons. The minimum absolute atomic E-state index is 0.00203. The number of carboxylic acids is 1. The van der Waals surface area contributed by atoms with Gasteiger partial charge in [-0.25, -0.2) is 0 Å². The van der Waals surface area contributed by atoms with Crippen molar-refractivity contribution in [3.63, 3.8) is 0 Å². The lowest BCUT2D eigenvalue weighted by Gasteiger charge is -2.37. The van der Waals surface area contributed by atoms with E-state index in [-0.39, 0.29) is 18.1 Å². The number of carbonyl (C=O) groups is 2. The molecular weight excluding hydrogens is 282 g/mol. The number of aliphatic carboxylic acids is 1. The predicted molar refractivity (Wildman–Crippen MR) is 82.6 cm³/mol. The molecule has 1 amide bonds. The highest BCUT2D eigenvalue weighted by atomic mass is 16.4. The first-order valence-corrected chi connectivity index (χ1v) is 7.80. The number of hydrogen-bond donors (Lipinski definition) is 3. The van der Waals surface area contributed by atoms with Crippen LogP contribution in [-0.2, 0) is 16.0 Å². The van der Waals surface area contributed by atoms with E-state index in [0.717, 1.165) is 37.7 Å². The van der Waals surface area contributed by atoms with E-state index >= 15 is 0 Å². The number of phenolic OH excluding ortho intramolecular Hbond substituents is 1. The van der Waals surface area contributed by atoms with Gasteiger partial charge in [-0.2, -0.15) is 0 Å². The maximum absolute atomic E-state index is 12.2. The first kappa shape index (κ1) is 16.3. The first-order valence-electron chi connectivity index (χ1n) is 7.80. The molecule has 1 aromatic carbocycles. The maximum atomic E-state index is 12.2. The van der Waals surface area contributed by atoms with Crippen LogP contribution in [0.3, 0.4) is 0 Å². The smallest absolute Gasteiger partial charge is 0.305 e. The summed E-state index contributed by atoms with van der Waals surface area (Å²) in [6.45, 7) is 0. The molecule has 0 aromatic heterocycles. The average Bonchev–Trinajstić information content (AvgIpc) is 2.46. The molecule has 0 unspecified atom stereocenters. The van der Waals surface area contributed by atoms with Gasteiger partial charge in [-0.3, -0.25) is 9.59 Å². The standard InChI is InChI=1S/C17H23NO4/c19-14-7-4-13(5-8-14)6-9-15(20)18-17(12-16(21)22)10-2-1-3-11-17/h4-5,7-8,19H,1-3,6,9-12H2,(H,18,20)(H,21,22). The summed E-state index contributed by atoms with van der Waals surface area (Å²) in [5, 5.41) is 21.3. The van der Waals surface area contributed by atoms with Gasteiger partial charge in [0.25, 0.3) is 0 Å². The fourth-order valence-corrected chi connectivity index (χ4v) is 3.14. The summed E-state index contributed by atoms with van der Waals surface area (Å²) in [4.78, 5) is 23.3. The molecule has 1 fully saturated rings.